The SMILES string of the molecule is CCc1ccc2c(c1)B(c1c(C)c(C)c(C)c(C)c1C)c1cc(I)cc3c1N2c1ccc(CC)cc1B3c1c(C)c(C)c(C)c(C)c1C. The van der Waals surface area contributed by atoms with Crippen molar-refractivity contribution in [3.8, 4) is 0 Å². The molecular formula is C44H48B2IN. The van der Waals surface area contributed by atoms with Gasteiger partial charge in [0.2, 0.25) is 13.4 Å². The van der Waals surface area contributed by atoms with E-state index in [0.29, 0.717) is 0 Å². The highest BCUT2D eigenvalue weighted by atomic mass is 127. The quantitative estimate of drug-likeness (QED) is 0.133. The van der Waals surface area contributed by atoms with Gasteiger partial charge >= 0.3 is 0 Å². The minimum absolute atomic E-state index is 0.157. The van der Waals surface area contributed by atoms with E-state index in [4.69, 9.17) is 0 Å². The standard InChI is InChI=1S/C44H48B2IN/c1-13-33-15-17-40-36(19-33)45(42-29(9)25(5)23(3)26(6)30(42)10)38-21-35(47)22-39-44(38)48(40)41-18-16-34(14-2)20-37(41)46(39)43-31(11)27(7)24(4)28(8)32(43)12/h15-22H,13-14H2,1-12H3. The second-order valence-corrected chi connectivity index (χ2v) is 16.0. The summed E-state index contributed by atoms with van der Waals surface area (Å²) in [5, 5.41) is 0. The molecule has 2 heterocycles. The molecule has 0 radical (unpaired) electrons. The summed E-state index contributed by atoms with van der Waals surface area (Å²) in [4.78, 5) is 2.65. The summed E-state index contributed by atoms with van der Waals surface area (Å²) in [6.07, 6.45) is 2.05. The van der Waals surface area contributed by atoms with Crippen molar-refractivity contribution in [1.82, 2.24) is 0 Å². The smallest absolute Gasteiger partial charge is 0.247 e. The van der Waals surface area contributed by atoms with Crippen LogP contribution in [0, 0.1) is 72.8 Å². The van der Waals surface area contributed by atoms with Crippen molar-refractivity contribution in [2.24, 2.45) is 0 Å². The van der Waals surface area contributed by atoms with E-state index >= 15 is 0 Å². The molecule has 0 aliphatic carbocycles. The van der Waals surface area contributed by atoms with Gasteiger partial charge in [0.15, 0.2) is 0 Å². The number of anilines is 3. The lowest BCUT2D eigenvalue weighted by Crippen LogP contribution is -2.66. The zero-order valence-corrected chi connectivity index (χ0v) is 33.2. The fourth-order valence-corrected chi connectivity index (χ4v) is 9.78. The maximum atomic E-state index is 2.65. The number of hydrogen-bond acceptors (Lipinski definition) is 1. The lowest BCUT2D eigenvalue weighted by Gasteiger charge is -2.45. The summed E-state index contributed by atoms with van der Waals surface area (Å²) in [5.74, 6) is 0. The van der Waals surface area contributed by atoms with Gasteiger partial charge in [-0.1, -0.05) is 83.4 Å². The first-order chi connectivity index (χ1) is 22.8. The summed E-state index contributed by atoms with van der Waals surface area (Å²) in [7, 11) is 0. The average Bonchev–Trinajstić information content (AvgIpc) is 3.09. The molecule has 2 aliphatic rings. The van der Waals surface area contributed by atoms with Gasteiger partial charge < -0.3 is 4.90 Å². The van der Waals surface area contributed by atoms with Gasteiger partial charge in [0.25, 0.3) is 0 Å². The van der Waals surface area contributed by atoms with E-state index < -0.39 is 0 Å². The van der Waals surface area contributed by atoms with Gasteiger partial charge in [0.05, 0.1) is 0 Å². The Morgan fingerprint density at radius 3 is 1.12 bits per heavy atom. The van der Waals surface area contributed by atoms with Crippen LogP contribution in [0.5, 0.6) is 0 Å². The minimum atomic E-state index is 0.157. The molecule has 0 N–H and O–H groups in total. The molecule has 5 aromatic carbocycles. The van der Waals surface area contributed by atoms with Crippen LogP contribution in [0.25, 0.3) is 0 Å². The molecule has 242 valence electrons. The maximum Gasteiger partial charge on any atom is 0.247 e. The Balaban J connectivity index is 1.67. The predicted octanol–water partition coefficient (Wildman–Crippen LogP) is 7.63. The molecule has 1 nitrogen and oxygen atoms in total. The Morgan fingerprint density at radius 2 is 0.792 bits per heavy atom. The van der Waals surface area contributed by atoms with Crippen molar-refractivity contribution in [2.75, 3.05) is 4.90 Å². The van der Waals surface area contributed by atoms with Crippen LogP contribution in [0.2, 0.25) is 0 Å². The van der Waals surface area contributed by atoms with Gasteiger partial charge in [-0.15, -0.1) is 0 Å². The van der Waals surface area contributed by atoms with Gasteiger partial charge in [-0.3, -0.25) is 0 Å². The summed E-state index contributed by atoms with van der Waals surface area (Å²) >= 11 is 2.61. The predicted molar refractivity (Wildman–Crippen MR) is 222 cm³/mol. The molecule has 0 spiro atoms. The number of hydrogen-bond donors (Lipinski definition) is 0. The van der Waals surface area contributed by atoms with Crippen molar-refractivity contribution < 1.29 is 0 Å². The Bertz CT molecular complexity index is 1980. The van der Waals surface area contributed by atoms with Crippen LogP contribution >= 0.6 is 22.6 Å². The fraction of sp³-hybridized carbons (Fsp3) is 0.318. The van der Waals surface area contributed by atoms with E-state index in [2.05, 4.69) is 159 Å². The molecule has 4 heteroatoms. The van der Waals surface area contributed by atoms with E-state index in [0.717, 1.165) is 12.8 Å². The summed E-state index contributed by atoms with van der Waals surface area (Å²) in [6, 6.07) is 19.7. The molecule has 0 saturated heterocycles. The largest absolute Gasteiger partial charge is 0.313 e. The minimum Gasteiger partial charge on any atom is -0.313 e. The molecule has 0 saturated carbocycles. The van der Waals surface area contributed by atoms with Crippen molar-refractivity contribution >= 4 is 85.9 Å². The third kappa shape index (κ3) is 4.64. The van der Waals surface area contributed by atoms with Crippen molar-refractivity contribution in [1.29, 1.82) is 0 Å². The fourth-order valence-electron chi connectivity index (χ4n) is 9.11. The van der Waals surface area contributed by atoms with Gasteiger partial charge in [-0.05, 0) is 183 Å². The third-order valence-electron chi connectivity index (χ3n) is 12.8. The van der Waals surface area contributed by atoms with E-state index in [-0.39, 0.29) is 13.4 Å². The molecule has 0 aromatic heterocycles. The molecule has 0 amide bonds. The molecule has 48 heavy (non-hydrogen) atoms. The zero-order chi connectivity index (χ0) is 34.5. The second-order valence-electron chi connectivity index (χ2n) is 14.7. The summed E-state index contributed by atoms with van der Waals surface area (Å²) < 4.78 is 1.31. The highest BCUT2D eigenvalue weighted by Gasteiger charge is 2.45. The van der Waals surface area contributed by atoms with E-state index in [1.807, 2.05) is 0 Å². The number of nitrogens with zero attached hydrogens (tertiary/aromatic N) is 1. The Hall–Kier alpha value is -3.24. The van der Waals surface area contributed by atoms with Gasteiger partial charge in [0, 0.05) is 20.6 Å². The third-order valence-corrected chi connectivity index (χ3v) is 13.4. The zero-order valence-electron chi connectivity index (χ0n) is 31.0. The first-order valence-corrected chi connectivity index (χ1v) is 18.9. The lowest BCUT2D eigenvalue weighted by molar-refractivity contribution is 1.13. The summed E-state index contributed by atoms with van der Waals surface area (Å²) in [6.45, 7) is 28.3. The molecule has 0 atom stereocenters. The Labute approximate surface area is 303 Å². The van der Waals surface area contributed by atoms with Gasteiger partial charge in [-0.25, -0.2) is 0 Å². The molecule has 0 bridgehead atoms. The van der Waals surface area contributed by atoms with Crippen LogP contribution in [-0.4, -0.2) is 13.4 Å². The van der Waals surface area contributed by atoms with Crippen molar-refractivity contribution in [3.63, 3.8) is 0 Å². The molecular weight excluding hydrogens is 691 g/mol. The lowest BCUT2D eigenvalue weighted by atomic mass is 9.29. The second kappa shape index (κ2) is 12.0. The first-order valence-electron chi connectivity index (χ1n) is 17.8. The number of rotatable bonds is 4. The van der Waals surface area contributed by atoms with Crippen LogP contribution < -0.4 is 37.7 Å². The molecule has 0 fully saturated rings. The number of aryl methyl sites for hydroxylation is 2. The van der Waals surface area contributed by atoms with E-state index in [1.165, 1.54) is 120 Å². The van der Waals surface area contributed by atoms with Crippen LogP contribution in [0.15, 0.2) is 48.5 Å². The highest BCUT2D eigenvalue weighted by molar-refractivity contribution is 14.1. The number of benzene rings is 5. The van der Waals surface area contributed by atoms with Crippen LogP contribution in [-0.2, 0) is 12.8 Å². The first kappa shape index (κ1) is 33.3. The van der Waals surface area contributed by atoms with Gasteiger partial charge in [0.1, 0.15) is 0 Å². The Kier molecular flexibility index (Phi) is 8.30. The van der Waals surface area contributed by atoms with Gasteiger partial charge in [-0.2, -0.15) is 0 Å². The Morgan fingerprint density at radius 1 is 0.458 bits per heavy atom. The maximum absolute atomic E-state index is 2.65. The molecule has 0 unspecified atom stereocenters. The number of fused-ring (bicyclic) bond motifs is 4. The normalized spacial score (nSPS) is 13.1. The van der Waals surface area contributed by atoms with E-state index in [1.54, 1.807) is 0 Å². The molecule has 2 aliphatic heterocycles. The van der Waals surface area contributed by atoms with Crippen LogP contribution in [0.1, 0.15) is 80.6 Å². The molecule has 7 rings (SSSR count). The van der Waals surface area contributed by atoms with Crippen LogP contribution in [0.4, 0.5) is 17.1 Å². The topological polar surface area (TPSA) is 3.24 Å². The highest BCUT2D eigenvalue weighted by Crippen LogP contribution is 2.39. The van der Waals surface area contributed by atoms with E-state index in [9.17, 15) is 0 Å². The van der Waals surface area contributed by atoms with Crippen LogP contribution in [0.3, 0.4) is 0 Å². The summed E-state index contributed by atoms with van der Waals surface area (Å²) in [5.41, 5.74) is 29.9. The van der Waals surface area contributed by atoms with Crippen molar-refractivity contribution in [3.05, 3.63) is 119 Å². The molecule has 5 aromatic rings. The van der Waals surface area contributed by atoms with Crippen molar-refractivity contribution in [2.45, 2.75) is 95.9 Å². The monoisotopic (exact) mass is 739 g/mol. The number of halogens is 1. The average molecular weight is 739 g/mol.